The predicted molar refractivity (Wildman–Crippen MR) is 57.5 cm³/mol. The predicted octanol–water partition coefficient (Wildman–Crippen LogP) is 3.95. The average Bonchev–Trinajstić information content (AvgIpc) is 2.45. The number of hydrogen-bond acceptors (Lipinski definition) is 0. The summed E-state index contributed by atoms with van der Waals surface area (Å²) in [6.45, 7) is 7.01. The Morgan fingerprint density at radius 3 is 2.46 bits per heavy atom. The van der Waals surface area contributed by atoms with Crippen molar-refractivity contribution in [2.24, 2.45) is 17.3 Å². The van der Waals surface area contributed by atoms with Gasteiger partial charge in [0, 0.05) is 0 Å². The molecule has 0 spiro atoms. The van der Waals surface area contributed by atoms with Crippen LogP contribution in [0.1, 0.15) is 40.0 Å². The first-order valence-corrected chi connectivity index (χ1v) is 5.43. The van der Waals surface area contributed by atoms with E-state index in [4.69, 9.17) is 0 Å². The van der Waals surface area contributed by atoms with Crippen LogP contribution in [0.15, 0.2) is 23.8 Å². The van der Waals surface area contributed by atoms with Crippen molar-refractivity contribution in [3.8, 4) is 0 Å². The molecule has 0 saturated heterocycles. The van der Waals surface area contributed by atoms with Crippen LogP contribution in [0.5, 0.6) is 0 Å². The van der Waals surface area contributed by atoms with Crippen molar-refractivity contribution in [3.63, 3.8) is 0 Å². The number of rotatable bonds is 0. The summed E-state index contributed by atoms with van der Waals surface area (Å²) in [7, 11) is 0. The molecule has 0 aromatic rings. The van der Waals surface area contributed by atoms with Gasteiger partial charge in [0.15, 0.2) is 0 Å². The van der Waals surface area contributed by atoms with E-state index < -0.39 is 0 Å². The minimum absolute atomic E-state index is 0.400. The summed E-state index contributed by atoms with van der Waals surface area (Å²) >= 11 is 0. The third-order valence-electron chi connectivity index (χ3n) is 3.48. The van der Waals surface area contributed by atoms with Gasteiger partial charge < -0.3 is 0 Å². The van der Waals surface area contributed by atoms with Crippen molar-refractivity contribution >= 4 is 0 Å². The second kappa shape index (κ2) is 3.01. The summed E-state index contributed by atoms with van der Waals surface area (Å²) in [5.41, 5.74) is 2.09. The van der Waals surface area contributed by atoms with Gasteiger partial charge >= 0.3 is 0 Å². The maximum atomic E-state index is 2.55. The summed E-state index contributed by atoms with van der Waals surface area (Å²) in [5.74, 6) is 1.79. The molecule has 0 saturated carbocycles. The van der Waals surface area contributed by atoms with E-state index >= 15 is 0 Å². The second-order valence-corrected chi connectivity index (χ2v) is 5.51. The van der Waals surface area contributed by atoms with Gasteiger partial charge in [-0.25, -0.2) is 0 Å². The molecular formula is C13H20. The largest absolute Gasteiger partial charge is 0.0882 e. The van der Waals surface area contributed by atoms with E-state index in [1.165, 1.54) is 19.3 Å². The minimum Gasteiger partial charge on any atom is -0.0882 e. The normalized spacial score (nSPS) is 33.0. The Labute approximate surface area is 81.7 Å². The van der Waals surface area contributed by atoms with Crippen LogP contribution in [-0.4, -0.2) is 0 Å². The average molecular weight is 176 g/mol. The molecule has 13 heavy (non-hydrogen) atoms. The number of fused-ring (bicyclic) bond motifs is 1. The van der Waals surface area contributed by atoms with E-state index in [0.29, 0.717) is 5.41 Å². The molecule has 2 aliphatic rings. The first-order chi connectivity index (χ1) is 6.07. The maximum absolute atomic E-state index is 2.55. The summed E-state index contributed by atoms with van der Waals surface area (Å²) in [6, 6.07) is 0. The van der Waals surface area contributed by atoms with Crippen LogP contribution in [0.4, 0.5) is 0 Å². The third-order valence-corrected chi connectivity index (χ3v) is 3.48. The highest BCUT2D eigenvalue weighted by Crippen LogP contribution is 2.44. The molecule has 2 rings (SSSR count). The van der Waals surface area contributed by atoms with Gasteiger partial charge in [-0.05, 0) is 36.5 Å². The highest BCUT2D eigenvalue weighted by atomic mass is 14.4. The Balaban J connectivity index is 2.13. The van der Waals surface area contributed by atoms with Crippen LogP contribution in [0.25, 0.3) is 0 Å². The summed E-state index contributed by atoms with van der Waals surface area (Å²) in [4.78, 5) is 0. The zero-order valence-electron chi connectivity index (χ0n) is 9.01. The Kier molecular flexibility index (Phi) is 2.09. The van der Waals surface area contributed by atoms with Crippen molar-refractivity contribution in [1.29, 1.82) is 0 Å². The van der Waals surface area contributed by atoms with E-state index in [-0.39, 0.29) is 0 Å². The first-order valence-electron chi connectivity index (χ1n) is 5.43. The lowest BCUT2D eigenvalue weighted by molar-refractivity contribution is 0.394. The molecule has 0 N–H and O–H groups in total. The molecule has 0 aliphatic heterocycles. The monoisotopic (exact) mass is 176 g/mol. The van der Waals surface area contributed by atoms with Crippen molar-refractivity contribution < 1.29 is 0 Å². The maximum Gasteiger partial charge on any atom is -0.0162 e. The standard InChI is InChI=1S/C13H20/c1-13(2,3)12-8-10-6-4-5-7-11(10)9-12/h4-5,8,10-11H,6-7,9H2,1-3H3. The first kappa shape index (κ1) is 9.05. The Bertz CT molecular complexity index is 250. The Morgan fingerprint density at radius 1 is 1.15 bits per heavy atom. The molecule has 0 radical (unpaired) electrons. The van der Waals surface area contributed by atoms with Crippen molar-refractivity contribution in [2.45, 2.75) is 40.0 Å². The van der Waals surface area contributed by atoms with Gasteiger partial charge in [-0.2, -0.15) is 0 Å². The molecule has 2 aliphatic carbocycles. The molecule has 0 amide bonds. The molecule has 0 heterocycles. The minimum atomic E-state index is 0.400. The van der Waals surface area contributed by atoms with E-state index in [1.807, 2.05) is 0 Å². The molecule has 2 unspecified atom stereocenters. The molecule has 0 fully saturated rings. The van der Waals surface area contributed by atoms with Crippen LogP contribution in [0.2, 0.25) is 0 Å². The van der Waals surface area contributed by atoms with Crippen LogP contribution < -0.4 is 0 Å². The second-order valence-electron chi connectivity index (χ2n) is 5.51. The summed E-state index contributed by atoms with van der Waals surface area (Å²) in [6.07, 6.45) is 11.2. The van der Waals surface area contributed by atoms with Gasteiger partial charge in [-0.1, -0.05) is 44.6 Å². The highest BCUT2D eigenvalue weighted by Gasteiger charge is 2.32. The number of allylic oxidation sites excluding steroid dienone is 4. The molecule has 0 bridgehead atoms. The van der Waals surface area contributed by atoms with Crippen molar-refractivity contribution in [2.75, 3.05) is 0 Å². The summed E-state index contributed by atoms with van der Waals surface area (Å²) < 4.78 is 0. The fourth-order valence-electron chi connectivity index (χ4n) is 2.50. The zero-order chi connectivity index (χ0) is 9.47. The summed E-state index contributed by atoms with van der Waals surface area (Å²) in [5, 5.41) is 0. The van der Waals surface area contributed by atoms with Gasteiger partial charge in [0.1, 0.15) is 0 Å². The van der Waals surface area contributed by atoms with E-state index in [2.05, 4.69) is 39.0 Å². The van der Waals surface area contributed by atoms with E-state index in [0.717, 1.165) is 11.8 Å². The third kappa shape index (κ3) is 1.72. The van der Waals surface area contributed by atoms with Gasteiger partial charge in [0.2, 0.25) is 0 Å². The van der Waals surface area contributed by atoms with E-state index in [1.54, 1.807) is 5.57 Å². The van der Waals surface area contributed by atoms with Crippen LogP contribution in [0, 0.1) is 17.3 Å². The zero-order valence-corrected chi connectivity index (χ0v) is 9.01. The molecular weight excluding hydrogens is 156 g/mol. The lowest BCUT2D eigenvalue weighted by atomic mass is 9.83. The molecule has 72 valence electrons. The van der Waals surface area contributed by atoms with Crippen LogP contribution >= 0.6 is 0 Å². The molecule has 0 aromatic heterocycles. The lowest BCUT2D eigenvalue weighted by Gasteiger charge is -2.22. The fourth-order valence-corrected chi connectivity index (χ4v) is 2.50. The fraction of sp³-hybridized carbons (Fsp3) is 0.692. The van der Waals surface area contributed by atoms with Crippen molar-refractivity contribution in [3.05, 3.63) is 23.8 Å². The van der Waals surface area contributed by atoms with Crippen molar-refractivity contribution in [1.82, 2.24) is 0 Å². The van der Waals surface area contributed by atoms with Gasteiger partial charge in [-0.15, -0.1) is 0 Å². The smallest absolute Gasteiger partial charge is 0.0162 e. The Morgan fingerprint density at radius 2 is 1.85 bits per heavy atom. The molecule has 0 nitrogen and oxygen atoms in total. The molecule has 0 heteroatoms. The topological polar surface area (TPSA) is 0 Å². The molecule has 2 atom stereocenters. The van der Waals surface area contributed by atoms with Gasteiger partial charge in [0.05, 0.1) is 0 Å². The Hall–Kier alpha value is -0.520. The quantitative estimate of drug-likeness (QED) is 0.490. The van der Waals surface area contributed by atoms with Gasteiger partial charge in [-0.3, -0.25) is 0 Å². The van der Waals surface area contributed by atoms with Gasteiger partial charge in [0.25, 0.3) is 0 Å². The number of hydrogen-bond donors (Lipinski definition) is 0. The lowest BCUT2D eigenvalue weighted by Crippen LogP contribution is -2.11. The SMILES string of the molecule is CC(C)(C)C1=CC2CC=CCC2C1. The van der Waals surface area contributed by atoms with E-state index in [9.17, 15) is 0 Å². The van der Waals surface area contributed by atoms with Crippen LogP contribution in [0.3, 0.4) is 0 Å². The van der Waals surface area contributed by atoms with Crippen LogP contribution in [-0.2, 0) is 0 Å². The highest BCUT2D eigenvalue weighted by molar-refractivity contribution is 5.22. The molecule has 0 aromatic carbocycles.